The molecule has 1 aliphatic carbocycles. The number of aromatic nitrogens is 2. The molecule has 5 nitrogen and oxygen atoms in total. The van der Waals surface area contributed by atoms with E-state index in [-0.39, 0.29) is 0 Å². The predicted octanol–water partition coefficient (Wildman–Crippen LogP) is 1.99. The number of hydrogen-bond acceptors (Lipinski definition) is 5. The normalized spacial score (nSPS) is 23.1. The molecular formula is C14H23N5. The number of nitrogens with one attached hydrogen (secondary N) is 3. The van der Waals surface area contributed by atoms with E-state index in [9.17, 15) is 0 Å². The van der Waals surface area contributed by atoms with E-state index in [1.165, 1.54) is 38.6 Å². The zero-order valence-electron chi connectivity index (χ0n) is 11.4. The third kappa shape index (κ3) is 4.06. The molecule has 104 valence electrons. The van der Waals surface area contributed by atoms with Crippen LogP contribution in [0.5, 0.6) is 0 Å². The number of nitrogens with zero attached hydrogens (tertiary/aromatic N) is 2. The lowest BCUT2D eigenvalue weighted by Crippen LogP contribution is -2.35. The van der Waals surface area contributed by atoms with Crippen LogP contribution in [0.2, 0.25) is 0 Å². The van der Waals surface area contributed by atoms with E-state index in [1.807, 2.05) is 6.07 Å². The van der Waals surface area contributed by atoms with Gasteiger partial charge in [-0.1, -0.05) is 6.42 Å². The summed E-state index contributed by atoms with van der Waals surface area (Å²) < 4.78 is 0. The van der Waals surface area contributed by atoms with Crippen LogP contribution in [0.25, 0.3) is 0 Å². The van der Waals surface area contributed by atoms with Gasteiger partial charge < -0.3 is 16.0 Å². The maximum absolute atomic E-state index is 4.27. The van der Waals surface area contributed by atoms with Crippen LogP contribution in [0.1, 0.15) is 38.5 Å². The molecule has 2 aliphatic rings. The minimum absolute atomic E-state index is 0.634. The predicted molar refractivity (Wildman–Crippen MR) is 77.4 cm³/mol. The van der Waals surface area contributed by atoms with Gasteiger partial charge in [-0.15, -0.1) is 0 Å². The Morgan fingerprint density at radius 3 is 2.84 bits per heavy atom. The highest BCUT2D eigenvalue weighted by atomic mass is 15.1. The van der Waals surface area contributed by atoms with Crippen LogP contribution in [-0.2, 0) is 0 Å². The second-order valence-corrected chi connectivity index (χ2v) is 5.57. The molecule has 1 aromatic heterocycles. The van der Waals surface area contributed by atoms with Crippen molar-refractivity contribution < 1.29 is 0 Å². The summed E-state index contributed by atoms with van der Waals surface area (Å²) >= 11 is 0. The van der Waals surface area contributed by atoms with E-state index in [2.05, 4.69) is 25.9 Å². The molecule has 0 amide bonds. The van der Waals surface area contributed by atoms with Crippen molar-refractivity contribution in [3.05, 3.63) is 12.4 Å². The Labute approximate surface area is 114 Å². The minimum Gasteiger partial charge on any atom is -0.370 e. The van der Waals surface area contributed by atoms with Crippen molar-refractivity contribution in [1.82, 2.24) is 15.3 Å². The van der Waals surface area contributed by atoms with Crippen molar-refractivity contribution in [2.24, 2.45) is 0 Å². The van der Waals surface area contributed by atoms with E-state index in [4.69, 9.17) is 0 Å². The third-order valence-electron chi connectivity index (χ3n) is 3.81. The molecule has 0 radical (unpaired) electrons. The highest BCUT2D eigenvalue weighted by Gasteiger charge is 2.21. The van der Waals surface area contributed by atoms with Gasteiger partial charge in [-0.3, -0.25) is 0 Å². The number of hydrogen-bond donors (Lipinski definition) is 3. The molecule has 1 saturated heterocycles. The van der Waals surface area contributed by atoms with Crippen LogP contribution < -0.4 is 16.0 Å². The maximum Gasteiger partial charge on any atom is 0.131 e. The standard InChI is InChI=1S/C14H23N5/c1-2-7-15-11(3-1)6-8-16-13-9-14(18-10-17-13)19-12-4-5-12/h9-12,15H,1-8H2,(H2,16,17,18,19). The average Bonchev–Trinajstić information content (AvgIpc) is 3.24. The molecular weight excluding hydrogens is 238 g/mol. The third-order valence-corrected chi connectivity index (χ3v) is 3.81. The Balaban J connectivity index is 1.43. The average molecular weight is 261 g/mol. The molecule has 5 heteroatoms. The highest BCUT2D eigenvalue weighted by Crippen LogP contribution is 2.24. The summed E-state index contributed by atoms with van der Waals surface area (Å²) in [6.07, 6.45) is 9.31. The zero-order chi connectivity index (χ0) is 12.9. The first kappa shape index (κ1) is 12.7. The van der Waals surface area contributed by atoms with Crippen molar-refractivity contribution in [3.8, 4) is 0 Å². The molecule has 3 rings (SSSR count). The molecule has 1 aromatic rings. The quantitative estimate of drug-likeness (QED) is 0.731. The van der Waals surface area contributed by atoms with Crippen molar-refractivity contribution >= 4 is 11.6 Å². The van der Waals surface area contributed by atoms with Crippen LogP contribution >= 0.6 is 0 Å². The second-order valence-electron chi connectivity index (χ2n) is 5.57. The van der Waals surface area contributed by atoms with Gasteiger partial charge in [0.25, 0.3) is 0 Å². The van der Waals surface area contributed by atoms with E-state index in [0.717, 1.165) is 24.6 Å². The summed E-state index contributed by atoms with van der Waals surface area (Å²) in [6.45, 7) is 2.14. The zero-order valence-corrected chi connectivity index (χ0v) is 11.4. The van der Waals surface area contributed by atoms with Gasteiger partial charge in [-0.2, -0.15) is 0 Å². The van der Waals surface area contributed by atoms with Gasteiger partial charge in [0.05, 0.1) is 0 Å². The molecule has 0 bridgehead atoms. The van der Waals surface area contributed by atoms with Crippen LogP contribution in [0, 0.1) is 0 Å². The van der Waals surface area contributed by atoms with Gasteiger partial charge in [0, 0.05) is 24.7 Å². The molecule has 1 aliphatic heterocycles. The Morgan fingerprint density at radius 1 is 1.16 bits per heavy atom. The van der Waals surface area contributed by atoms with E-state index in [0.29, 0.717) is 12.1 Å². The number of anilines is 2. The van der Waals surface area contributed by atoms with E-state index >= 15 is 0 Å². The van der Waals surface area contributed by atoms with Crippen LogP contribution in [0.4, 0.5) is 11.6 Å². The van der Waals surface area contributed by atoms with Gasteiger partial charge in [0.15, 0.2) is 0 Å². The summed E-state index contributed by atoms with van der Waals surface area (Å²) in [6, 6.07) is 3.31. The van der Waals surface area contributed by atoms with Crippen molar-refractivity contribution in [1.29, 1.82) is 0 Å². The monoisotopic (exact) mass is 261 g/mol. The Morgan fingerprint density at radius 2 is 2.05 bits per heavy atom. The lowest BCUT2D eigenvalue weighted by atomic mass is 10.0. The van der Waals surface area contributed by atoms with Gasteiger partial charge >= 0.3 is 0 Å². The SMILES string of the molecule is c1nc(NCCC2CCCCN2)cc(NC2CC2)n1. The Hall–Kier alpha value is -1.36. The molecule has 0 aromatic carbocycles. The first-order valence-corrected chi connectivity index (χ1v) is 7.46. The van der Waals surface area contributed by atoms with Gasteiger partial charge in [-0.05, 0) is 38.6 Å². The topological polar surface area (TPSA) is 61.9 Å². The lowest BCUT2D eigenvalue weighted by Gasteiger charge is -2.23. The Kier molecular flexibility index (Phi) is 4.13. The minimum atomic E-state index is 0.634. The summed E-state index contributed by atoms with van der Waals surface area (Å²) in [5.41, 5.74) is 0. The summed E-state index contributed by atoms with van der Waals surface area (Å²) in [7, 11) is 0. The fraction of sp³-hybridized carbons (Fsp3) is 0.714. The van der Waals surface area contributed by atoms with Crippen LogP contribution in [-0.4, -0.2) is 35.1 Å². The molecule has 19 heavy (non-hydrogen) atoms. The smallest absolute Gasteiger partial charge is 0.131 e. The van der Waals surface area contributed by atoms with Gasteiger partial charge in [-0.25, -0.2) is 9.97 Å². The number of rotatable bonds is 6. The molecule has 3 N–H and O–H groups in total. The summed E-state index contributed by atoms with van der Waals surface area (Å²) in [4.78, 5) is 8.51. The van der Waals surface area contributed by atoms with Crippen molar-refractivity contribution in [2.75, 3.05) is 23.7 Å². The molecule has 1 atom stereocenters. The first-order valence-electron chi connectivity index (χ1n) is 7.46. The Bertz CT molecular complexity index is 399. The van der Waals surface area contributed by atoms with Crippen molar-refractivity contribution in [2.45, 2.75) is 50.6 Å². The largest absolute Gasteiger partial charge is 0.370 e. The van der Waals surface area contributed by atoms with Crippen molar-refractivity contribution in [3.63, 3.8) is 0 Å². The molecule has 0 spiro atoms. The number of piperidine rings is 1. The van der Waals surface area contributed by atoms with E-state index in [1.54, 1.807) is 6.33 Å². The summed E-state index contributed by atoms with van der Waals surface area (Å²) in [5.74, 6) is 1.87. The highest BCUT2D eigenvalue weighted by molar-refractivity contribution is 5.47. The maximum atomic E-state index is 4.27. The first-order chi connectivity index (χ1) is 9.40. The van der Waals surface area contributed by atoms with Gasteiger partial charge in [0.2, 0.25) is 0 Å². The van der Waals surface area contributed by atoms with Gasteiger partial charge in [0.1, 0.15) is 18.0 Å². The van der Waals surface area contributed by atoms with E-state index < -0.39 is 0 Å². The molecule has 2 fully saturated rings. The molecule has 1 saturated carbocycles. The lowest BCUT2D eigenvalue weighted by molar-refractivity contribution is 0.389. The molecule has 1 unspecified atom stereocenters. The van der Waals surface area contributed by atoms with Crippen LogP contribution in [0.3, 0.4) is 0 Å². The fourth-order valence-electron chi connectivity index (χ4n) is 2.51. The second kappa shape index (κ2) is 6.19. The molecule has 2 heterocycles. The fourth-order valence-corrected chi connectivity index (χ4v) is 2.51. The summed E-state index contributed by atoms with van der Waals surface area (Å²) in [5, 5.41) is 10.4. The van der Waals surface area contributed by atoms with Crippen LogP contribution in [0.15, 0.2) is 12.4 Å².